The monoisotopic (exact) mass is 324 g/mol. The average Bonchev–Trinajstić information content (AvgIpc) is 2.41. The summed E-state index contributed by atoms with van der Waals surface area (Å²) in [5.41, 5.74) is 1.16. The summed E-state index contributed by atoms with van der Waals surface area (Å²) in [5, 5.41) is 0. The number of urea groups is 1. The molecule has 0 N–H and O–H groups in total. The largest absolute Gasteiger partial charge is 0.325 e. The molecule has 0 bridgehead atoms. The lowest BCUT2D eigenvalue weighted by Crippen LogP contribution is -2.44. The Hall–Kier alpha value is -1.03. The molecule has 0 saturated carbocycles. The van der Waals surface area contributed by atoms with E-state index in [9.17, 15) is 4.79 Å². The molecule has 2 amide bonds. The van der Waals surface area contributed by atoms with Crippen molar-refractivity contribution < 1.29 is 4.79 Å². The van der Waals surface area contributed by atoms with Crippen molar-refractivity contribution in [2.75, 3.05) is 20.1 Å². The van der Waals surface area contributed by atoms with Gasteiger partial charge in [-0.25, -0.2) is 4.79 Å². The van der Waals surface area contributed by atoms with E-state index in [1.165, 1.54) is 0 Å². The number of nitrogens with zero attached hydrogens (tertiary/aromatic N) is 2. The zero-order valence-electron chi connectivity index (χ0n) is 11.6. The lowest BCUT2D eigenvalue weighted by Gasteiger charge is -2.33. The van der Waals surface area contributed by atoms with Crippen LogP contribution in [0.2, 0.25) is 0 Å². The fraction of sp³-hybridized carbons (Fsp3) is 0.533. The number of likely N-dealkylation sites (tertiary alicyclic amines) is 1. The Labute approximate surface area is 123 Å². The Balaban J connectivity index is 1.90. The number of piperidine rings is 1. The number of hydrogen-bond donors (Lipinski definition) is 0. The number of halogens is 1. The highest BCUT2D eigenvalue weighted by atomic mass is 79.9. The van der Waals surface area contributed by atoms with E-state index in [0.29, 0.717) is 6.54 Å². The van der Waals surface area contributed by atoms with Crippen molar-refractivity contribution >= 4 is 22.0 Å². The summed E-state index contributed by atoms with van der Waals surface area (Å²) in [4.78, 5) is 16.1. The van der Waals surface area contributed by atoms with Crippen LogP contribution in [0.4, 0.5) is 4.79 Å². The Morgan fingerprint density at radius 1 is 1.32 bits per heavy atom. The molecule has 0 spiro atoms. The fourth-order valence-corrected chi connectivity index (χ4v) is 2.64. The highest BCUT2D eigenvalue weighted by Gasteiger charge is 2.22. The van der Waals surface area contributed by atoms with Gasteiger partial charge < -0.3 is 9.80 Å². The third-order valence-electron chi connectivity index (χ3n) is 3.71. The Kier molecular flexibility index (Phi) is 4.86. The molecule has 0 atom stereocenters. The number of benzene rings is 1. The molecule has 0 radical (unpaired) electrons. The van der Waals surface area contributed by atoms with E-state index < -0.39 is 0 Å². The zero-order chi connectivity index (χ0) is 13.8. The molecule has 1 heterocycles. The van der Waals surface area contributed by atoms with Crippen molar-refractivity contribution in [3.8, 4) is 0 Å². The molecule has 104 valence electrons. The normalized spacial score (nSPS) is 16.5. The van der Waals surface area contributed by atoms with Crippen molar-refractivity contribution in [2.45, 2.75) is 26.3 Å². The van der Waals surface area contributed by atoms with E-state index in [1.54, 1.807) is 4.90 Å². The zero-order valence-corrected chi connectivity index (χ0v) is 13.2. The molecule has 3 nitrogen and oxygen atoms in total. The van der Waals surface area contributed by atoms with Gasteiger partial charge in [-0.15, -0.1) is 0 Å². The maximum atomic E-state index is 12.3. The maximum absolute atomic E-state index is 12.3. The minimum atomic E-state index is 0.148. The fourth-order valence-electron chi connectivity index (χ4n) is 2.37. The van der Waals surface area contributed by atoms with E-state index in [-0.39, 0.29) is 6.03 Å². The van der Waals surface area contributed by atoms with Crippen LogP contribution < -0.4 is 0 Å². The molecule has 2 rings (SSSR count). The minimum Gasteiger partial charge on any atom is -0.325 e. The Morgan fingerprint density at radius 2 is 1.89 bits per heavy atom. The number of amides is 2. The van der Waals surface area contributed by atoms with Crippen LogP contribution in [0, 0.1) is 5.92 Å². The predicted octanol–water partition coefficient (Wildman–Crippen LogP) is 3.73. The molecule has 1 aromatic rings. The second kappa shape index (κ2) is 6.42. The lowest BCUT2D eigenvalue weighted by atomic mass is 10.00. The number of carbonyl (C=O) groups is 1. The average molecular weight is 325 g/mol. The van der Waals surface area contributed by atoms with E-state index in [4.69, 9.17) is 0 Å². The first kappa shape index (κ1) is 14.4. The van der Waals surface area contributed by atoms with Gasteiger partial charge in [-0.3, -0.25) is 0 Å². The third kappa shape index (κ3) is 3.96. The molecular weight excluding hydrogens is 304 g/mol. The van der Waals surface area contributed by atoms with E-state index in [2.05, 4.69) is 22.9 Å². The van der Waals surface area contributed by atoms with Crippen LogP contribution in [0.25, 0.3) is 0 Å². The van der Waals surface area contributed by atoms with Crippen molar-refractivity contribution in [2.24, 2.45) is 5.92 Å². The number of rotatable bonds is 2. The van der Waals surface area contributed by atoms with Crippen LogP contribution in [0.1, 0.15) is 25.3 Å². The molecule has 1 aromatic carbocycles. The third-order valence-corrected chi connectivity index (χ3v) is 4.24. The molecule has 1 aliphatic rings. The smallest absolute Gasteiger partial charge is 0.320 e. The van der Waals surface area contributed by atoms with Gasteiger partial charge >= 0.3 is 6.03 Å². The van der Waals surface area contributed by atoms with Crippen molar-refractivity contribution in [3.05, 3.63) is 34.3 Å². The van der Waals surface area contributed by atoms with E-state index in [0.717, 1.165) is 41.9 Å². The summed E-state index contributed by atoms with van der Waals surface area (Å²) in [7, 11) is 1.88. The quantitative estimate of drug-likeness (QED) is 0.813. The molecule has 1 aliphatic heterocycles. The first-order valence-corrected chi connectivity index (χ1v) is 7.60. The summed E-state index contributed by atoms with van der Waals surface area (Å²) >= 11 is 3.42. The second-order valence-corrected chi connectivity index (χ2v) is 6.35. The van der Waals surface area contributed by atoms with Crippen LogP contribution in [0.3, 0.4) is 0 Å². The van der Waals surface area contributed by atoms with Gasteiger partial charge in [0.25, 0.3) is 0 Å². The first-order valence-electron chi connectivity index (χ1n) is 6.80. The number of carbonyl (C=O) groups excluding carboxylic acids is 1. The van der Waals surface area contributed by atoms with Crippen LogP contribution in [-0.2, 0) is 6.54 Å². The Morgan fingerprint density at radius 3 is 2.47 bits per heavy atom. The highest BCUT2D eigenvalue weighted by molar-refractivity contribution is 9.10. The summed E-state index contributed by atoms with van der Waals surface area (Å²) in [6.07, 6.45) is 2.25. The molecule has 0 unspecified atom stereocenters. The van der Waals surface area contributed by atoms with Crippen molar-refractivity contribution in [1.29, 1.82) is 0 Å². The van der Waals surface area contributed by atoms with Crippen LogP contribution >= 0.6 is 15.9 Å². The van der Waals surface area contributed by atoms with Gasteiger partial charge in [-0.05, 0) is 36.5 Å². The first-order chi connectivity index (χ1) is 9.06. The van der Waals surface area contributed by atoms with Gasteiger partial charge in [0, 0.05) is 31.2 Å². The standard InChI is InChI=1S/C15H21BrN2O/c1-12-7-9-18(10-8-12)15(19)17(2)11-13-3-5-14(16)6-4-13/h3-6,12H,7-11H2,1-2H3. The number of hydrogen-bond acceptors (Lipinski definition) is 1. The second-order valence-electron chi connectivity index (χ2n) is 5.43. The van der Waals surface area contributed by atoms with Gasteiger partial charge in [-0.1, -0.05) is 35.0 Å². The summed E-state index contributed by atoms with van der Waals surface area (Å²) < 4.78 is 1.07. The molecule has 0 aliphatic carbocycles. The lowest BCUT2D eigenvalue weighted by molar-refractivity contribution is 0.141. The van der Waals surface area contributed by atoms with Crippen LogP contribution in [-0.4, -0.2) is 36.0 Å². The molecule has 0 aromatic heterocycles. The predicted molar refractivity (Wildman–Crippen MR) is 81.0 cm³/mol. The summed E-state index contributed by atoms with van der Waals surface area (Å²) in [5.74, 6) is 0.751. The molecule has 1 fully saturated rings. The van der Waals surface area contributed by atoms with Gasteiger partial charge in [-0.2, -0.15) is 0 Å². The van der Waals surface area contributed by atoms with Gasteiger partial charge in [0.1, 0.15) is 0 Å². The van der Waals surface area contributed by atoms with Gasteiger partial charge in [0.2, 0.25) is 0 Å². The molecule has 19 heavy (non-hydrogen) atoms. The highest BCUT2D eigenvalue weighted by Crippen LogP contribution is 2.18. The van der Waals surface area contributed by atoms with E-state index in [1.807, 2.05) is 36.2 Å². The minimum absolute atomic E-state index is 0.148. The van der Waals surface area contributed by atoms with Crippen LogP contribution in [0.5, 0.6) is 0 Å². The molecule has 1 saturated heterocycles. The maximum Gasteiger partial charge on any atom is 0.320 e. The molecule has 4 heteroatoms. The molecular formula is C15H21BrN2O. The van der Waals surface area contributed by atoms with Crippen molar-refractivity contribution in [1.82, 2.24) is 9.80 Å². The SMILES string of the molecule is CC1CCN(C(=O)N(C)Cc2ccc(Br)cc2)CC1. The Bertz CT molecular complexity index is 424. The summed E-state index contributed by atoms with van der Waals surface area (Å²) in [6.45, 7) is 4.71. The van der Waals surface area contributed by atoms with Gasteiger partial charge in [0.05, 0.1) is 0 Å². The van der Waals surface area contributed by atoms with Gasteiger partial charge in [0.15, 0.2) is 0 Å². The van der Waals surface area contributed by atoms with E-state index >= 15 is 0 Å². The topological polar surface area (TPSA) is 23.6 Å². The van der Waals surface area contributed by atoms with Crippen molar-refractivity contribution in [3.63, 3.8) is 0 Å². The summed E-state index contributed by atoms with van der Waals surface area (Å²) in [6, 6.07) is 8.26. The van der Waals surface area contributed by atoms with Crippen LogP contribution in [0.15, 0.2) is 28.7 Å².